The maximum Gasteiger partial charge on any atom is 0.265 e. The summed E-state index contributed by atoms with van der Waals surface area (Å²) in [6.45, 7) is 3.02. The zero-order chi connectivity index (χ0) is 19.3. The number of nitrogens with one attached hydrogen (secondary N) is 2. The van der Waals surface area contributed by atoms with Crippen LogP contribution >= 0.6 is 11.3 Å². The average Bonchev–Trinajstić information content (AvgIpc) is 3.45. The third-order valence-electron chi connectivity index (χ3n) is 5.49. The third-order valence-corrected chi connectivity index (χ3v) is 6.52. The van der Waals surface area contributed by atoms with Crippen LogP contribution in [0.15, 0.2) is 36.5 Å². The molecule has 2 saturated heterocycles. The molecule has 148 valence electrons. The predicted octanol–water partition coefficient (Wildman–Crippen LogP) is 2.53. The van der Waals surface area contributed by atoms with Crippen LogP contribution in [-0.4, -0.2) is 53.9 Å². The van der Waals surface area contributed by atoms with Crippen LogP contribution in [0.2, 0.25) is 0 Å². The van der Waals surface area contributed by atoms with E-state index in [0.29, 0.717) is 23.9 Å². The van der Waals surface area contributed by atoms with E-state index >= 15 is 0 Å². The van der Waals surface area contributed by atoms with E-state index in [2.05, 4.69) is 15.6 Å². The summed E-state index contributed by atoms with van der Waals surface area (Å²) >= 11 is 1.44. The normalized spacial score (nSPS) is 22.2. The first-order valence-corrected chi connectivity index (χ1v) is 10.8. The molecule has 2 N–H and O–H groups in total. The van der Waals surface area contributed by atoms with Crippen molar-refractivity contribution in [1.82, 2.24) is 20.5 Å². The zero-order valence-electron chi connectivity index (χ0n) is 15.9. The Bertz CT molecular complexity index is 817. The molecule has 0 spiro atoms. The monoisotopic (exact) mass is 398 g/mol. The van der Waals surface area contributed by atoms with E-state index in [1.165, 1.54) is 11.3 Å². The van der Waals surface area contributed by atoms with Crippen molar-refractivity contribution in [1.29, 1.82) is 0 Å². The maximum atomic E-state index is 12.9. The summed E-state index contributed by atoms with van der Waals surface area (Å²) in [4.78, 5) is 32.2. The van der Waals surface area contributed by atoms with Gasteiger partial charge < -0.3 is 15.5 Å². The molecule has 2 amide bonds. The second kappa shape index (κ2) is 8.84. The number of benzene rings is 1. The molecule has 2 atom stereocenters. The number of aromatic nitrogens is 1. The molecule has 2 aromatic rings. The van der Waals surface area contributed by atoms with Crippen molar-refractivity contribution in [3.8, 4) is 10.6 Å². The van der Waals surface area contributed by atoms with Crippen LogP contribution < -0.4 is 10.6 Å². The van der Waals surface area contributed by atoms with Crippen molar-refractivity contribution in [3.05, 3.63) is 41.4 Å². The fraction of sp³-hybridized carbons (Fsp3) is 0.476. The van der Waals surface area contributed by atoms with Gasteiger partial charge in [-0.3, -0.25) is 9.59 Å². The van der Waals surface area contributed by atoms with Crippen molar-refractivity contribution < 1.29 is 9.59 Å². The molecule has 2 unspecified atom stereocenters. The SMILES string of the molecule is O=C(NCC1CCCN(C(=O)c2cnc(-c3ccccc3)s2)C1)C1CCCN1. The predicted molar refractivity (Wildman–Crippen MR) is 110 cm³/mol. The molecule has 4 rings (SSSR count). The first-order valence-electron chi connectivity index (χ1n) is 10.0. The van der Waals surface area contributed by atoms with Crippen LogP contribution in [0.25, 0.3) is 10.6 Å². The maximum absolute atomic E-state index is 12.9. The molecule has 2 aliphatic rings. The summed E-state index contributed by atoms with van der Waals surface area (Å²) in [6.07, 6.45) is 5.67. The van der Waals surface area contributed by atoms with Gasteiger partial charge in [0.15, 0.2) is 0 Å². The van der Waals surface area contributed by atoms with Gasteiger partial charge in [0.2, 0.25) is 5.91 Å². The number of likely N-dealkylation sites (tertiary alicyclic amines) is 1. The van der Waals surface area contributed by atoms with Gasteiger partial charge in [0.05, 0.1) is 12.2 Å². The molecule has 1 aromatic heterocycles. The molecule has 2 fully saturated rings. The molecule has 2 aliphatic heterocycles. The highest BCUT2D eigenvalue weighted by Crippen LogP contribution is 2.27. The number of carbonyl (C=O) groups excluding carboxylic acids is 2. The number of rotatable bonds is 5. The molecular formula is C21H26N4O2S. The lowest BCUT2D eigenvalue weighted by Gasteiger charge is -2.32. The summed E-state index contributed by atoms with van der Waals surface area (Å²) in [6, 6.07) is 9.89. The van der Waals surface area contributed by atoms with E-state index in [1.807, 2.05) is 35.2 Å². The molecule has 1 aromatic carbocycles. The van der Waals surface area contributed by atoms with Gasteiger partial charge in [-0.1, -0.05) is 30.3 Å². The summed E-state index contributed by atoms with van der Waals surface area (Å²) in [5, 5.41) is 7.17. The van der Waals surface area contributed by atoms with Crippen molar-refractivity contribution >= 4 is 23.2 Å². The number of hydrogen-bond acceptors (Lipinski definition) is 5. The van der Waals surface area contributed by atoms with E-state index in [-0.39, 0.29) is 17.9 Å². The van der Waals surface area contributed by atoms with Gasteiger partial charge in [-0.05, 0) is 38.1 Å². The van der Waals surface area contributed by atoms with Crippen molar-refractivity contribution in [2.45, 2.75) is 31.7 Å². The van der Waals surface area contributed by atoms with Gasteiger partial charge in [-0.15, -0.1) is 11.3 Å². The Morgan fingerprint density at radius 1 is 1.21 bits per heavy atom. The Morgan fingerprint density at radius 3 is 2.86 bits per heavy atom. The second-order valence-electron chi connectivity index (χ2n) is 7.55. The van der Waals surface area contributed by atoms with Crippen molar-refractivity contribution in [2.24, 2.45) is 5.92 Å². The van der Waals surface area contributed by atoms with Gasteiger partial charge in [0.25, 0.3) is 5.91 Å². The summed E-state index contributed by atoms with van der Waals surface area (Å²) in [5.74, 6) is 0.452. The number of carbonyl (C=O) groups is 2. The standard InChI is InChI=1S/C21H26N4O2S/c26-19(17-9-4-10-22-17)23-12-15-6-5-11-25(14-15)21(27)18-13-24-20(28-18)16-7-2-1-3-8-16/h1-3,7-8,13,15,17,22H,4-6,9-12,14H2,(H,23,26). The third kappa shape index (κ3) is 4.42. The topological polar surface area (TPSA) is 74.3 Å². The van der Waals surface area contributed by atoms with Crippen LogP contribution in [0.3, 0.4) is 0 Å². The molecule has 28 heavy (non-hydrogen) atoms. The molecule has 7 heteroatoms. The molecular weight excluding hydrogens is 372 g/mol. The van der Waals surface area contributed by atoms with E-state index in [9.17, 15) is 9.59 Å². The molecule has 0 radical (unpaired) electrons. The highest BCUT2D eigenvalue weighted by Gasteiger charge is 2.27. The van der Waals surface area contributed by atoms with Crippen molar-refractivity contribution in [2.75, 3.05) is 26.2 Å². The highest BCUT2D eigenvalue weighted by atomic mass is 32.1. The number of nitrogens with zero attached hydrogens (tertiary/aromatic N) is 2. The lowest BCUT2D eigenvalue weighted by Crippen LogP contribution is -2.46. The largest absolute Gasteiger partial charge is 0.354 e. The van der Waals surface area contributed by atoms with Crippen LogP contribution in [0, 0.1) is 5.92 Å². The first-order chi connectivity index (χ1) is 13.7. The Kier molecular flexibility index (Phi) is 6.02. The number of amides is 2. The Morgan fingerprint density at radius 2 is 2.07 bits per heavy atom. The van der Waals surface area contributed by atoms with E-state index in [0.717, 1.165) is 49.3 Å². The minimum absolute atomic E-state index is 0.0464. The number of hydrogen-bond donors (Lipinski definition) is 2. The fourth-order valence-electron chi connectivity index (χ4n) is 3.94. The van der Waals surface area contributed by atoms with Crippen LogP contribution in [-0.2, 0) is 4.79 Å². The molecule has 3 heterocycles. The van der Waals surface area contributed by atoms with Gasteiger partial charge in [0, 0.05) is 25.2 Å². The summed E-state index contributed by atoms with van der Waals surface area (Å²) in [5.41, 5.74) is 1.03. The quantitative estimate of drug-likeness (QED) is 0.812. The van der Waals surface area contributed by atoms with Crippen LogP contribution in [0.5, 0.6) is 0 Å². The highest BCUT2D eigenvalue weighted by molar-refractivity contribution is 7.16. The van der Waals surface area contributed by atoms with E-state index in [1.54, 1.807) is 6.20 Å². The molecule has 0 saturated carbocycles. The molecule has 0 aliphatic carbocycles. The summed E-state index contributed by atoms with van der Waals surface area (Å²) < 4.78 is 0. The zero-order valence-corrected chi connectivity index (χ0v) is 16.7. The van der Waals surface area contributed by atoms with Gasteiger partial charge in [-0.25, -0.2) is 4.98 Å². The average molecular weight is 399 g/mol. The molecule has 0 bridgehead atoms. The Hall–Kier alpha value is -2.25. The lowest BCUT2D eigenvalue weighted by molar-refractivity contribution is -0.123. The molecule has 6 nitrogen and oxygen atoms in total. The Labute approximate surface area is 169 Å². The minimum Gasteiger partial charge on any atom is -0.354 e. The van der Waals surface area contributed by atoms with Crippen LogP contribution in [0.4, 0.5) is 0 Å². The fourth-order valence-corrected chi connectivity index (χ4v) is 4.83. The van der Waals surface area contributed by atoms with Gasteiger partial charge in [-0.2, -0.15) is 0 Å². The Balaban J connectivity index is 1.33. The van der Waals surface area contributed by atoms with Gasteiger partial charge >= 0.3 is 0 Å². The van der Waals surface area contributed by atoms with E-state index in [4.69, 9.17) is 0 Å². The minimum atomic E-state index is -0.0464. The summed E-state index contributed by atoms with van der Waals surface area (Å²) in [7, 11) is 0. The lowest BCUT2D eigenvalue weighted by atomic mass is 9.97. The first kappa shape index (κ1) is 19.1. The van der Waals surface area contributed by atoms with E-state index < -0.39 is 0 Å². The number of thiazole rings is 1. The van der Waals surface area contributed by atoms with Crippen molar-refractivity contribution in [3.63, 3.8) is 0 Å². The number of piperidine rings is 1. The van der Waals surface area contributed by atoms with Gasteiger partial charge in [0.1, 0.15) is 9.88 Å². The van der Waals surface area contributed by atoms with Crippen LogP contribution in [0.1, 0.15) is 35.4 Å². The smallest absolute Gasteiger partial charge is 0.265 e. The second-order valence-corrected chi connectivity index (χ2v) is 8.58.